The summed E-state index contributed by atoms with van der Waals surface area (Å²) >= 11 is 0. The van der Waals surface area contributed by atoms with Crippen LogP contribution < -0.4 is 14.8 Å². The highest BCUT2D eigenvalue weighted by Gasteiger charge is 2.17. The van der Waals surface area contributed by atoms with Gasteiger partial charge in [0.05, 0.1) is 12.0 Å². The fraction of sp³-hybridized carbons (Fsp3) is 0.304. The molecule has 1 aliphatic rings. The molecule has 2 N–H and O–H groups in total. The Bertz CT molecular complexity index is 1110. The number of hydrogen-bond acceptors (Lipinski definition) is 5. The normalized spacial score (nSPS) is 14.6. The number of sulfonamides is 1. The lowest BCUT2D eigenvalue weighted by atomic mass is 10.1. The fourth-order valence-electron chi connectivity index (χ4n) is 3.25. The molecule has 0 saturated carbocycles. The van der Waals surface area contributed by atoms with Gasteiger partial charge in [-0.25, -0.2) is 8.42 Å². The van der Waals surface area contributed by atoms with Gasteiger partial charge < -0.3 is 10.1 Å². The van der Waals surface area contributed by atoms with Crippen molar-refractivity contribution in [3.63, 3.8) is 0 Å². The molecular weight excluding hydrogens is 414 g/mol. The number of rotatable bonds is 6. The second-order valence-corrected chi connectivity index (χ2v) is 9.02. The number of carbonyl (C=O) groups excluding carboxylic acids is 1. The Hall–Kier alpha value is -3.13. The van der Waals surface area contributed by atoms with Crippen molar-refractivity contribution < 1.29 is 17.9 Å². The zero-order chi connectivity index (χ0) is 22.3. The van der Waals surface area contributed by atoms with Crippen LogP contribution in [0.2, 0.25) is 0 Å². The van der Waals surface area contributed by atoms with Gasteiger partial charge in [0.1, 0.15) is 11.6 Å². The molecule has 0 radical (unpaired) electrons. The number of anilines is 1. The van der Waals surface area contributed by atoms with E-state index in [9.17, 15) is 13.2 Å². The van der Waals surface area contributed by atoms with Gasteiger partial charge in [0, 0.05) is 30.3 Å². The van der Waals surface area contributed by atoms with Crippen LogP contribution in [0.1, 0.15) is 36.8 Å². The summed E-state index contributed by atoms with van der Waals surface area (Å²) in [4.78, 5) is 16.7. The summed E-state index contributed by atoms with van der Waals surface area (Å²) in [5, 5.41) is 2.70. The van der Waals surface area contributed by atoms with Crippen molar-refractivity contribution in [1.82, 2.24) is 4.72 Å². The van der Waals surface area contributed by atoms with E-state index in [2.05, 4.69) is 15.0 Å². The molecule has 7 nitrogen and oxygen atoms in total. The molecule has 8 heteroatoms. The Morgan fingerprint density at radius 3 is 2.77 bits per heavy atom. The number of benzene rings is 2. The summed E-state index contributed by atoms with van der Waals surface area (Å²) in [5.41, 5.74) is 2.21. The monoisotopic (exact) mass is 441 g/mol. The minimum absolute atomic E-state index is 0.0709. The zero-order valence-electron chi connectivity index (χ0n) is 17.7. The number of hydrogen-bond donors (Lipinski definition) is 2. The van der Waals surface area contributed by atoms with Crippen LogP contribution in [-0.2, 0) is 14.8 Å². The maximum absolute atomic E-state index is 12.7. The van der Waals surface area contributed by atoms with E-state index in [4.69, 9.17) is 4.74 Å². The van der Waals surface area contributed by atoms with Gasteiger partial charge in [0.15, 0.2) is 0 Å². The highest BCUT2D eigenvalue weighted by molar-refractivity contribution is 7.90. The molecule has 0 spiro atoms. The number of aryl methyl sites for hydroxylation is 1. The smallest absolute Gasteiger partial charge is 0.262 e. The SMILES string of the molecule is COc1ccc(C)cc1/C=C/C(=O)Nc1cccc(S(=O)(=O)NC2=NCCCCC2)c1. The Morgan fingerprint density at radius 1 is 1.13 bits per heavy atom. The van der Waals surface area contributed by atoms with Crippen LogP contribution in [0.3, 0.4) is 0 Å². The molecule has 0 saturated heterocycles. The second-order valence-electron chi connectivity index (χ2n) is 7.34. The highest BCUT2D eigenvalue weighted by atomic mass is 32.2. The minimum atomic E-state index is -3.77. The summed E-state index contributed by atoms with van der Waals surface area (Å²) in [6.07, 6.45) is 6.58. The topological polar surface area (TPSA) is 96.9 Å². The van der Waals surface area contributed by atoms with Gasteiger partial charge >= 0.3 is 0 Å². The van der Waals surface area contributed by atoms with E-state index in [1.54, 1.807) is 25.3 Å². The van der Waals surface area contributed by atoms with Crippen molar-refractivity contribution in [2.45, 2.75) is 37.5 Å². The third-order valence-electron chi connectivity index (χ3n) is 4.84. The molecule has 1 amide bonds. The maximum Gasteiger partial charge on any atom is 0.262 e. The third-order valence-corrected chi connectivity index (χ3v) is 6.22. The average molecular weight is 442 g/mol. The lowest BCUT2D eigenvalue weighted by molar-refractivity contribution is -0.111. The molecule has 0 atom stereocenters. The van der Waals surface area contributed by atoms with Crippen molar-refractivity contribution in [2.24, 2.45) is 4.99 Å². The zero-order valence-corrected chi connectivity index (χ0v) is 18.5. The number of amidine groups is 1. The summed E-state index contributed by atoms with van der Waals surface area (Å²) in [6, 6.07) is 11.8. The van der Waals surface area contributed by atoms with Crippen molar-refractivity contribution in [3.05, 3.63) is 59.7 Å². The average Bonchev–Trinajstić information content (AvgIpc) is 3.01. The molecule has 0 aliphatic carbocycles. The van der Waals surface area contributed by atoms with E-state index in [1.807, 2.05) is 25.1 Å². The molecule has 0 bridgehead atoms. The van der Waals surface area contributed by atoms with E-state index < -0.39 is 10.0 Å². The summed E-state index contributed by atoms with van der Waals surface area (Å²) in [5.74, 6) is 0.774. The third kappa shape index (κ3) is 6.42. The first-order chi connectivity index (χ1) is 14.9. The van der Waals surface area contributed by atoms with Crippen molar-refractivity contribution >= 4 is 33.5 Å². The van der Waals surface area contributed by atoms with Gasteiger partial charge in [-0.1, -0.05) is 24.1 Å². The van der Waals surface area contributed by atoms with Crippen molar-refractivity contribution in [1.29, 1.82) is 0 Å². The van der Waals surface area contributed by atoms with Crippen LogP contribution in [0.4, 0.5) is 5.69 Å². The van der Waals surface area contributed by atoms with E-state index in [1.165, 1.54) is 18.2 Å². The number of nitrogens with zero attached hydrogens (tertiary/aromatic N) is 1. The van der Waals surface area contributed by atoms with E-state index in [-0.39, 0.29) is 10.8 Å². The lowest BCUT2D eigenvalue weighted by Gasteiger charge is -2.11. The lowest BCUT2D eigenvalue weighted by Crippen LogP contribution is -2.30. The molecule has 164 valence electrons. The predicted molar refractivity (Wildman–Crippen MR) is 123 cm³/mol. The van der Waals surface area contributed by atoms with Crippen LogP contribution in [0.15, 0.2) is 58.4 Å². The van der Waals surface area contributed by atoms with Crippen molar-refractivity contribution in [2.75, 3.05) is 19.0 Å². The Kier molecular flexibility index (Phi) is 7.46. The molecule has 2 aromatic rings. The molecule has 2 aromatic carbocycles. The minimum Gasteiger partial charge on any atom is -0.496 e. The molecule has 31 heavy (non-hydrogen) atoms. The van der Waals surface area contributed by atoms with Crippen LogP contribution in [0.25, 0.3) is 6.08 Å². The van der Waals surface area contributed by atoms with E-state index >= 15 is 0 Å². The van der Waals surface area contributed by atoms with Gasteiger partial charge in [0.2, 0.25) is 5.91 Å². The Labute approximate surface area is 183 Å². The standard InChI is InChI=1S/C23H27N3O4S/c1-17-10-12-21(30-2)18(15-17)11-13-23(27)25-19-7-6-8-20(16-19)31(28,29)26-22-9-4-3-5-14-24-22/h6-8,10-13,15-16H,3-5,9,14H2,1-2H3,(H,24,26)(H,25,27)/b13-11+. The number of nitrogens with one attached hydrogen (secondary N) is 2. The first kappa shape index (κ1) is 22.6. The predicted octanol–water partition coefficient (Wildman–Crippen LogP) is 3.91. The molecule has 1 aliphatic heterocycles. The summed E-state index contributed by atoms with van der Waals surface area (Å²) in [7, 11) is -2.20. The highest BCUT2D eigenvalue weighted by Crippen LogP contribution is 2.21. The maximum atomic E-state index is 12.7. The molecule has 0 aromatic heterocycles. The number of ether oxygens (including phenoxy) is 1. The van der Waals surface area contributed by atoms with Gasteiger partial charge in [-0.15, -0.1) is 0 Å². The quantitative estimate of drug-likeness (QED) is 0.664. The van der Waals surface area contributed by atoms with Gasteiger partial charge in [0.25, 0.3) is 10.0 Å². The number of methoxy groups -OCH3 is 1. The Balaban J connectivity index is 1.70. The number of amides is 1. The Morgan fingerprint density at radius 2 is 1.97 bits per heavy atom. The molecule has 0 unspecified atom stereocenters. The van der Waals surface area contributed by atoms with Gasteiger partial charge in [-0.05, 0) is 56.2 Å². The van der Waals surface area contributed by atoms with Gasteiger partial charge in [-0.2, -0.15) is 0 Å². The fourth-order valence-corrected chi connectivity index (χ4v) is 4.38. The van der Waals surface area contributed by atoms with Crippen molar-refractivity contribution in [3.8, 4) is 5.75 Å². The first-order valence-corrected chi connectivity index (χ1v) is 11.7. The van der Waals surface area contributed by atoms with Gasteiger partial charge in [-0.3, -0.25) is 14.5 Å². The van der Waals surface area contributed by atoms with Crippen LogP contribution >= 0.6 is 0 Å². The molecule has 3 rings (SSSR count). The first-order valence-electron chi connectivity index (χ1n) is 10.2. The summed E-state index contributed by atoms with van der Waals surface area (Å²) < 4.78 is 33.3. The summed E-state index contributed by atoms with van der Waals surface area (Å²) in [6.45, 7) is 2.59. The van der Waals surface area contributed by atoms with Crippen LogP contribution in [0.5, 0.6) is 5.75 Å². The van der Waals surface area contributed by atoms with E-state index in [0.29, 0.717) is 30.2 Å². The number of aliphatic imine (C=N–C) groups is 1. The van der Waals surface area contributed by atoms with Crippen LogP contribution in [-0.4, -0.2) is 33.8 Å². The molecule has 0 fully saturated rings. The number of carbonyl (C=O) groups is 1. The largest absolute Gasteiger partial charge is 0.496 e. The second kappa shape index (κ2) is 10.3. The van der Waals surface area contributed by atoms with Crippen LogP contribution in [0, 0.1) is 6.92 Å². The van der Waals surface area contributed by atoms with E-state index in [0.717, 1.165) is 30.4 Å². The molecular formula is C23H27N3O4S. The molecule has 1 heterocycles.